The molecule has 0 bridgehead atoms. The molecule has 20 heavy (non-hydrogen) atoms. The molecule has 0 spiro atoms. The summed E-state index contributed by atoms with van der Waals surface area (Å²) in [7, 11) is 4.92. The van der Waals surface area contributed by atoms with Gasteiger partial charge in [-0.05, 0) is 12.1 Å². The lowest BCUT2D eigenvalue weighted by Gasteiger charge is -2.13. The molecule has 0 unspecified atom stereocenters. The van der Waals surface area contributed by atoms with Crippen molar-refractivity contribution in [1.82, 2.24) is 9.97 Å². The second-order valence-electron chi connectivity index (χ2n) is 3.83. The lowest BCUT2D eigenvalue weighted by atomic mass is 10.2. The number of nitrogens with one attached hydrogen (secondary N) is 2. The van der Waals surface area contributed by atoms with Crippen molar-refractivity contribution < 1.29 is 9.47 Å². The molecule has 0 saturated carbocycles. The van der Waals surface area contributed by atoms with Gasteiger partial charge in [0.15, 0.2) is 5.82 Å². The summed E-state index contributed by atoms with van der Waals surface area (Å²) in [5.74, 6) is 2.31. The first-order chi connectivity index (χ1) is 9.67. The van der Waals surface area contributed by atoms with Gasteiger partial charge in [-0.25, -0.2) is 4.98 Å². The van der Waals surface area contributed by atoms with E-state index in [2.05, 4.69) is 20.6 Å². The molecule has 2 N–H and O–H groups in total. The first-order valence-electron chi connectivity index (χ1n) is 5.87. The first-order valence-corrected chi connectivity index (χ1v) is 6.25. The summed E-state index contributed by atoms with van der Waals surface area (Å²) in [5, 5.41) is 6.39. The molecular formula is C13H15ClN4O2. The molecule has 0 aliphatic heterocycles. The highest BCUT2D eigenvalue weighted by Gasteiger charge is 2.09. The lowest BCUT2D eigenvalue weighted by molar-refractivity contribution is 0.395. The average molecular weight is 295 g/mol. The summed E-state index contributed by atoms with van der Waals surface area (Å²) >= 11 is 6.08. The Labute approximate surface area is 122 Å². The molecule has 0 aliphatic rings. The predicted molar refractivity (Wildman–Crippen MR) is 79.4 cm³/mol. The van der Waals surface area contributed by atoms with Crippen LogP contribution in [0.15, 0.2) is 24.4 Å². The van der Waals surface area contributed by atoms with Gasteiger partial charge in [0.2, 0.25) is 5.95 Å². The minimum Gasteiger partial charge on any atom is -0.497 e. The molecule has 0 atom stereocenters. The van der Waals surface area contributed by atoms with E-state index < -0.39 is 0 Å². The Kier molecular flexibility index (Phi) is 4.47. The van der Waals surface area contributed by atoms with Crippen LogP contribution in [0.3, 0.4) is 0 Å². The molecule has 0 amide bonds. The molecule has 106 valence electrons. The van der Waals surface area contributed by atoms with E-state index in [1.165, 1.54) is 6.20 Å². The fourth-order valence-electron chi connectivity index (χ4n) is 1.60. The normalized spacial score (nSPS) is 10.0. The summed E-state index contributed by atoms with van der Waals surface area (Å²) < 4.78 is 10.5. The van der Waals surface area contributed by atoms with Crippen molar-refractivity contribution in [2.24, 2.45) is 0 Å². The lowest BCUT2D eigenvalue weighted by Crippen LogP contribution is -2.02. The highest BCUT2D eigenvalue weighted by Crippen LogP contribution is 2.32. The number of hydrogen-bond acceptors (Lipinski definition) is 6. The van der Waals surface area contributed by atoms with Crippen molar-refractivity contribution in [2.75, 3.05) is 31.9 Å². The largest absolute Gasteiger partial charge is 0.497 e. The molecule has 2 aromatic rings. The number of halogens is 1. The van der Waals surface area contributed by atoms with Gasteiger partial charge in [-0.1, -0.05) is 11.6 Å². The molecule has 0 radical (unpaired) electrons. The van der Waals surface area contributed by atoms with Crippen molar-refractivity contribution >= 4 is 29.1 Å². The van der Waals surface area contributed by atoms with Crippen LogP contribution in [-0.4, -0.2) is 31.2 Å². The van der Waals surface area contributed by atoms with Crippen LogP contribution in [0.1, 0.15) is 0 Å². The van der Waals surface area contributed by atoms with Crippen LogP contribution in [0, 0.1) is 0 Å². The minimum atomic E-state index is 0.418. The molecule has 0 fully saturated rings. The Bertz CT molecular complexity index is 607. The summed E-state index contributed by atoms with van der Waals surface area (Å²) in [6.07, 6.45) is 1.53. The van der Waals surface area contributed by atoms with Crippen LogP contribution < -0.4 is 20.1 Å². The molecule has 2 rings (SSSR count). The average Bonchev–Trinajstić information content (AvgIpc) is 2.49. The van der Waals surface area contributed by atoms with Crippen molar-refractivity contribution in [3.63, 3.8) is 0 Å². The van der Waals surface area contributed by atoms with Crippen LogP contribution in [0.5, 0.6) is 11.5 Å². The van der Waals surface area contributed by atoms with Gasteiger partial charge in [0.05, 0.1) is 26.1 Å². The maximum absolute atomic E-state index is 6.08. The first kappa shape index (κ1) is 14.2. The molecular weight excluding hydrogens is 280 g/mol. The second-order valence-corrected chi connectivity index (χ2v) is 4.24. The Balaban J connectivity index is 2.34. The Morgan fingerprint density at radius 3 is 2.65 bits per heavy atom. The highest BCUT2D eigenvalue weighted by atomic mass is 35.5. The maximum Gasteiger partial charge on any atom is 0.224 e. The fraction of sp³-hybridized carbons (Fsp3) is 0.231. The van der Waals surface area contributed by atoms with Crippen LogP contribution in [-0.2, 0) is 0 Å². The quantitative estimate of drug-likeness (QED) is 0.884. The van der Waals surface area contributed by atoms with Crippen LogP contribution in [0.2, 0.25) is 5.02 Å². The summed E-state index contributed by atoms with van der Waals surface area (Å²) in [4.78, 5) is 8.28. The van der Waals surface area contributed by atoms with E-state index in [-0.39, 0.29) is 0 Å². The summed E-state index contributed by atoms with van der Waals surface area (Å²) in [5.41, 5.74) is 0.732. The van der Waals surface area contributed by atoms with E-state index in [4.69, 9.17) is 21.1 Å². The highest BCUT2D eigenvalue weighted by molar-refractivity contribution is 6.32. The van der Waals surface area contributed by atoms with Crippen molar-refractivity contribution in [3.05, 3.63) is 29.4 Å². The Hall–Kier alpha value is -2.21. The van der Waals surface area contributed by atoms with Gasteiger partial charge in [0.1, 0.15) is 16.5 Å². The van der Waals surface area contributed by atoms with E-state index in [1.807, 2.05) is 12.1 Å². The van der Waals surface area contributed by atoms with Gasteiger partial charge in [-0.2, -0.15) is 4.98 Å². The SMILES string of the molecule is CNc1ncc(Cl)c(Nc2ccc(OC)cc2OC)n1. The number of methoxy groups -OCH3 is 2. The van der Waals surface area contributed by atoms with Crippen LogP contribution >= 0.6 is 11.6 Å². The van der Waals surface area contributed by atoms with E-state index in [1.54, 1.807) is 27.3 Å². The number of anilines is 3. The van der Waals surface area contributed by atoms with Gasteiger partial charge in [0.25, 0.3) is 0 Å². The molecule has 1 aromatic heterocycles. The van der Waals surface area contributed by atoms with E-state index >= 15 is 0 Å². The molecule has 1 heterocycles. The van der Waals surface area contributed by atoms with Crippen molar-refractivity contribution in [3.8, 4) is 11.5 Å². The van der Waals surface area contributed by atoms with Gasteiger partial charge in [0, 0.05) is 13.1 Å². The third-order valence-electron chi connectivity index (χ3n) is 2.63. The molecule has 6 nitrogen and oxygen atoms in total. The molecule has 0 saturated heterocycles. The van der Waals surface area contributed by atoms with Crippen LogP contribution in [0.25, 0.3) is 0 Å². The van der Waals surface area contributed by atoms with Gasteiger partial charge in [-0.3, -0.25) is 0 Å². The van der Waals surface area contributed by atoms with Crippen molar-refractivity contribution in [2.45, 2.75) is 0 Å². The zero-order valence-electron chi connectivity index (χ0n) is 11.4. The number of rotatable bonds is 5. The number of nitrogens with zero attached hydrogens (tertiary/aromatic N) is 2. The predicted octanol–water partition coefficient (Wildman–Crippen LogP) is 2.93. The van der Waals surface area contributed by atoms with E-state index in [0.29, 0.717) is 28.3 Å². The zero-order valence-corrected chi connectivity index (χ0v) is 12.2. The van der Waals surface area contributed by atoms with Gasteiger partial charge in [-0.15, -0.1) is 0 Å². The van der Waals surface area contributed by atoms with E-state index in [0.717, 1.165) is 5.69 Å². The number of ether oxygens (including phenoxy) is 2. The number of benzene rings is 1. The maximum atomic E-state index is 6.08. The number of aromatic nitrogens is 2. The van der Waals surface area contributed by atoms with Crippen LogP contribution in [0.4, 0.5) is 17.5 Å². The fourth-order valence-corrected chi connectivity index (χ4v) is 1.74. The topological polar surface area (TPSA) is 68.3 Å². The second kappa shape index (κ2) is 6.29. The minimum absolute atomic E-state index is 0.418. The third-order valence-corrected chi connectivity index (χ3v) is 2.91. The Morgan fingerprint density at radius 1 is 1.20 bits per heavy atom. The standard InChI is InChI=1S/C13H15ClN4O2/c1-15-13-16-7-9(14)12(18-13)17-10-5-4-8(19-2)6-11(10)20-3/h4-7H,1-3H3,(H2,15,16,17,18). The zero-order chi connectivity index (χ0) is 14.5. The van der Waals surface area contributed by atoms with Gasteiger partial charge >= 0.3 is 0 Å². The monoisotopic (exact) mass is 294 g/mol. The Morgan fingerprint density at radius 2 is 2.00 bits per heavy atom. The number of hydrogen-bond donors (Lipinski definition) is 2. The molecule has 7 heteroatoms. The smallest absolute Gasteiger partial charge is 0.224 e. The summed E-state index contributed by atoms with van der Waals surface area (Å²) in [6, 6.07) is 5.42. The third kappa shape index (κ3) is 3.03. The summed E-state index contributed by atoms with van der Waals surface area (Å²) in [6.45, 7) is 0. The molecule has 0 aliphatic carbocycles. The van der Waals surface area contributed by atoms with Gasteiger partial charge < -0.3 is 20.1 Å². The van der Waals surface area contributed by atoms with Crippen molar-refractivity contribution in [1.29, 1.82) is 0 Å². The molecule has 1 aromatic carbocycles. The van der Waals surface area contributed by atoms with E-state index in [9.17, 15) is 0 Å².